The maximum Gasteiger partial charge on any atom is 0.0234 e. The number of rotatable bonds is 5. The lowest BCUT2D eigenvalue weighted by Gasteiger charge is -2.36. The Kier molecular flexibility index (Phi) is 5.32. The van der Waals surface area contributed by atoms with E-state index in [0.717, 1.165) is 18.5 Å². The number of nitrogens with one attached hydrogen (secondary N) is 1. The average molecular weight is 286 g/mol. The summed E-state index contributed by atoms with van der Waals surface area (Å²) in [6.07, 6.45) is 8.31. The minimum absolute atomic E-state index is 0.708. The van der Waals surface area contributed by atoms with Crippen LogP contribution < -0.4 is 5.32 Å². The molecule has 21 heavy (non-hydrogen) atoms. The molecule has 3 atom stereocenters. The Morgan fingerprint density at radius 3 is 2.76 bits per heavy atom. The second kappa shape index (κ2) is 7.42. The average Bonchev–Trinajstić information content (AvgIpc) is 2.96. The quantitative estimate of drug-likeness (QED) is 0.885. The Morgan fingerprint density at radius 1 is 1.10 bits per heavy atom. The Bertz CT molecular complexity index is 417. The fraction of sp³-hybridized carbons (Fsp3) is 0.684. The second-order valence-corrected chi connectivity index (χ2v) is 6.93. The van der Waals surface area contributed by atoms with Gasteiger partial charge in [0.2, 0.25) is 0 Å². The standard InChI is InChI=1S/C19H30N2/c1-2-17-10-6-12-19(17)20-18-11-7-13-21(15-18)14-16-8-4-3-5-9-16/h3-5,8-9,17-20H,2,6-7,10-15H2,1H3. The van der Waals surface area contributed by atoms with Crippen LogP contribution in [-0.4, -0.2) is 30.1 Å². The van der Waals surface area contributed by atoms with Crippen molar-refractivity contribution < 1.29 is 0 Å². The molecule has 1 aromatic rings. The summed E-state index contributed by atoms with van der Waals surface area (Å²) in [5, 5.41) is 3.99. The number of benzene rings is 1. The van der Waals surface area contributed by atoms with Crippen LogP contribution >= 0.6 is 0 Å². The predicted molar refractivity (Wildman–Crippen MR) is 89.3 cm³/mol. The van der Waals surface area contributed by atoms with Gasteiger partial charge in [-0.05, 0) is 43.7 Å². The van der Waals surface area contributed by atoms with Crippen molar-refractivity contribution in [3.05, 3.63) is 35.9 Å². The highest BCUT2D eigenvalue weighted by atomic mass is 15.2. The van der Waals surface area contributed by atoms with E-state index < -0.39 is 0 Å². The van der Waals surface area contributed by atoms with E-state index in [2.05, 4.69) is 47.5 Å². The highest BCUT2D eigenvalue weighted by molar-refractivity contribution is 5.14. The molecule has 2 fully saturated rings. The summed E-state index contributed by atoms with van der Waals surface area (Å²) in [5.74, 6) is 0.925. The molecule has 116 valence electrons. The van der Waals surface area contributed by atoms with Gasteiger partial charge in [0.05, 0.1) is 0 Å². The van der Waals surface area contributed by atoms with E-state index in [1.807, 2.05) is 0 Å². The number of likely N-dealkylation sites (tertiary alicyclic amines) is 1. The van der Waals surface area contributed by atoms with E-state index in [9.17, 15) is 0 Å². The van der Waals surface area contributed by atoms with Crippen molar-refractivity contribution in [2.45, 2.75) is 64.1 Å². The van der Waals surface area contributed by atoms with Crippen LogP contribution in [0.4, 0.5) is 0 Å². The first kappa shape index (κ1) is 15.1. The van der Waals surface area contributed by atoms with Crippen LogP contribution in [0, 0.1) is 5.92 Å². The molecule has 1 aliphatic carbocycles. The SMILES string of the molecule is CCC1CCCC1NC1CCCN(Cc2ccccc2)C1. The van der Waals surface area contributed by atoms with E-state index in [1.165, 1.54) is 57.2 Å². The van der Waals surface area contributed by atoms with Crippen molar-refractivity contribution in [2.75, 3.05) is 13.1 Å². The van der Waals surface area contributed by atoms with Crippen LogP contribution in [0.25, 0.3) is 0 Å². The lowest BCUT2D eigenvalue weighted by atomic mass is 9.97. The molecule has 0 radical (unpaired) electrons. The molecule has 0 aromatic heterocycles. The highest BCUT2D eigenvalue weighted by Crippen LogP contribution is 2.29. The molecule has 0 amide bonds. The number of piperidine rings is 1. The molecule has 1 N–H and O–H groups in total. The van der Waals surface area contributed by atoms with Gasteiger partial charge in [0, 0.05) is 25.2 Å². The van der Waals surface area contributed by atoms with Gasteiger partial charge >= 0.3 is 0 Å². The molecule has 1 saturated heterocycles. The molecular weight excluding hydrogens is 256 g/mol. The maximum atomic E-state index is 3.99. The highest BCUT2D eigenvalue weighted by Gasteiger charge is 2.29. The fourth-order valence-corrected chi connectivity index (χ4v) is 4.22. The van der Waals surface area contributed by atoms with Gasteiger partial charge in [0.1, 0.15) is 0 Å². The molecule has 1 saturated carbocycles. The number of hydrogen-bond acceptors (Lipinski definition) is 2. The topological polar surface area (TPSA) is 15.3 Å². The fourth-order valence-electron chi connectivity index (χ4n) is 4.22. The van der Waals surface area contributed by atoms with Crippen molar-refractivity contribution >= 4 is 0 Å². The largest absolute Gasteiger partial charge is 0.310 e. The Morgan fingerprint density at radius 2 is 1.95 bits per heavy atom. The van der Waals surface area contributed by atoms with Gasteiger partial charge in [-0.1, -0.05) is 50.1 Å². The van der Waals surface area contributed by atoms with Crippen LogP contribution in [0.1, 0.15) is 51.0 Å². The molecular formula is C19H30N2. The molecule has 1 aliphatic heterocycles. The van der Waals surface area contributed by atoms with Crippen molar-refractivity contribution in [1.82, 2.24) is 10.2 Å². The van der Waals surface area contributed by atoms with Gasteiger partial charge in [0.15, 0.2) is 0 Å². The molecule has 3 rings (SSSR count). The summed E-state index contributed by atoms with van der Waals surface area (Å²) in [4.78, 5) is 2.63. The molecule has 3 unspecified atom stereocenters. The Labute approximate surface area is 129 Å². The van der Waals surface area contributed by atoms with Crippen molar-refractivity contribution in [3.63, 3.8) is 0 Å². The van der Waals surface area contributed by atoms with E-state index >= 15 is 0 Å². The van der Waals surface area contributed by atoms with Gasteiger partial charge in [-0.15, -0.1) is 0 Å². The monoisotopic (exact) mass is 286 g/mol. The first-order valence-electron chi connectivity index (χ1n) is 8.87. The first-order chi connectivity index (χ1) is 10.3. The van der Waals surface area contributed by atoms with Gasteiger partial charge in [-0.2, -0.15) is 0 Å². The summed E-state index contributed by atoms with van der Waals surface area (Å²) >= 11 is 0. The normalized spacial score (nSPS) is 30.6. The summed E-state index contributed by atoms with van der Waals surface area (Å²) in [7, 11) is 0. The van der Waals surface area contributed by atoms with Crippen molar-refractivity contribution in [1.29, 1.82) is 0 Å². The lowest BCUT2D eigenvalue weighted by Crippen LogP contribution is -2.49. The van der Waals surface area contributed by atoms with Crippen molar-refractivity contribution in [3.8, 4) is 0 Å². The minimum atomic E-state index is 0.708. The van der Waals surface area contributed by atoms with Crippen LogP contribution in [-0.2, 0) is 6.54 Å². The molecule has 2 heteroatoms. The summed E-state index contributed by atoms with van der Waals surface area (Å²) in [6.45, 7) is 5.95. The molecule has 1 aromatic carbocycles. The Hall–Kier alpha value is -0.860. The Balaban J connectivity index is 1.51. The summed E-state index contributed by atoms with van der Waals surface area (Å²) in [5.41, 5.74) is 1.45. The minimum Gasteiger partial charge on any atom is -0.310 e. The lowest BCUT2D eigenvalue weighted by molar-refractivity contribution is 0.169. The van der Waals surface area contributed by atoms with Gasteiger partial charge in [-0.25, -0.2) is 0 Å². The molecule has 2 aliphatic rings. The van der Waals surface area contributed by atoms with Crippen LogP contribution in [0.15, 0.2) is 30.3 Å². The third kappa shape index (κ3) is 4.08. The first-order valence-corrected chi connectivity index (χ1v) is 8.87. The second-order valence-electron chi connectivity index (χ2n) is 6.93. The molecule has 1 heterocycles. The smallest absolute Gasteiger partial charge is 0.0234 e. The van der Waals surface area contributed by atoms with E-state index in [1.54, 1.807) is 0 Å². The van der Waals surface area contributed by atoms with E-state index in [-0.39, 0.29) is 0 Å². The van der Waals surface area contributed by atoms with Crippen LogP contribution in [0.2, 0.25) is 0 Å². The summed E-state index contributed by atoms with van der Waals surface area (Å²) in [6, 6.07) is 12.4. The third-order valence-corrected chi connectivity index (χ3v) is 5.39. The van der Waals surface area contributed by atoms with Gasteiger partial charge in [0.25, 0.3) is 0 Å². The zero-order chi connectivity index (χ0) is 14.5. The van der Waals surface area contributed by atoms with Crippen molar-refractivity contribution in [2.24, 2.45) is 5.92 Å². The number of nitrogens with zero attached hydrogens (tertiary/aromatic N) is 1. The van der Waals surface area contributed by atoms with Gasteiger partial charge < -0.3 is 5.32 Å². The van der Waals surface area contributed by atoms with E-state index in [0.29, 0.717) is 6.04 Å². The predicted octanol–water partition coefficient (Wildman–Crippen LogP) is 3.82. The van der Waals surface area contributed by atoms with Crippen LogP contribution in [0.5, 0.6) is 0 Å². The zero-order valence-corrected chi connectivity index (χ0v) is 13.4. The third-order valence-electron chi connectivity index (χ3n) is 5.39. The number of hydrogen-bond donors (Lipinski definition) is 1. The molecule has 2 nitrogen and oxygen atoms in total. The summed E-state index contributed by atoms with van der Waals surface area (Å²) < 4.78 is 0. The van der Waals surface area contributed by atoms with Gasteiger partial charge in [-0.3, -0.25) is 4.90 Å². The van der Waals surface area contributed by atoms with Crippen LogP contribution in [0.3, 0.4) is 0 Å². The van der Waals surface area contributed by atoms with E-state index in [4.69, 9.17) is 0 Å². The molecule has 0 bridgehead atoms. The molecule has 0 spiro atoms. The maximum absolute atomic E-state index is 3.99. The zero-order valence-electron chi connectivity index (χ0n) is 13.4.